The summed E-state index contributed by atoms with van der Waals surface area (Å²) in [6, 6.07) is 14.1. The molecule has 0 bridgehead atoms. The summed E-state index contributed by atoms with van der Waals surface area (Å²) in [6.07, 6.45) is 1.60. The van der Waals surface area contributed by atoms with Crippen LogP contribution >= 0.6 is 0 Å². The van der Waals surface area contributed by atoms with E-state index in [1.54, 1.807) is 14.2 Å². The SMILES string of the molecule is CCc1nc(-c2ccc(OC)cc2OC)c(CC)nc1-c1ccccc1C. The second kappa shape index (κ2) is 8.21. The minimum Gasteiger partial charge on any atom is -0.497 e. The number of rotatable bonds is 6. The normalized spacial score (nSPS) is 10.7. The van der Waals surface area contributed by atoms with Gasteiger partial charge in [0.15, 0.2) is 0 Å². The van der Waals surface area contributed by atoms with Gasteiger partial charge in [-0.2, -0.15) is 0 Å². The Morgan fingerprint density at radius 2 is 1.41 bits per heavy atom. The van der Waals surface area contributed by atoms with Crippen molar-refractivity contribution in [3.05, 3.63) is 59.4 Å². The lowest BCUT2D eigenvalue weighted by molar-refractivity contribution is 0.395. The van der Waals surface area contributed by atoms with E-state index in [1.807, 2.05) is 18.2 Å². The van der Waals surface area contributed by atoms with E-state index in [0.29, 0.717) is 0 Å². The van der Waals surface area contributed by atoms with Crippen molar-refractivity contribution in [2.24, 2.45) is 0 Å². The van der Waals surface area contributed by atoms with Crippen LogP contribution in [0.2, 0.25) is 0 Å². The molecule has 3 rings (SSSR count). The molecule has 4 nitrogen and oxygen atoms in total. The molecule has 0 N–H and O–H groups in total. The molecule has 0 saturated heterocycles. The Bertz CT molecular complexity index is 951. The average Bonchev–Trinajstić information content (AvgIpc) is 2.72. The largest absolute Gasteiger partial charge is 0.497 e. The fourth-order valence-electron chi connectivity index (χ4n) is 3.26. The highest BCUT2D eigenvalue weighted by molar-refractivity contribution is 5.73. The third-order valence-electron chi connectivity index (χ3n) is 4.77. The van der Waals surface area contributed by atoms with Gasteiger partial charge in [0.25, 0.3) is 0 Å². The molecule has 4 heteroatoms. The molecule has 3 aromatic rings. The minimum absolute atomic E-state index is 0.740. The summed E-state index contributed by atoms with van der Waals surface area (Å²) >= 11 is 0. The lowest BCUT2D eigenvalue weighted by Gasteiger charge is -2.17. The molecule has 0 atom stereocenters. The first-order valence-corrected chi connectivity index (χ1v) is 9.31. The van der Waals surface area contributed by atoms with E-state index in [9.17, 15) is 0 Å². The standard InChI is InChI=1S/C23H26N2O2/c1-6-19-22(17-11-9-8-10-15(17)3)24-20(7-2)23(25-19)18-13-12-16(26-4)14-21(18)27-5/h8-14H,6-7H2,1-5H3. The lowest BCUT2D eigenvalue weighted by atomic mass is 10.0. The van der Waals surface area contributed by atoms with Crippen LogP contribution in [0.25, 0.3) is 22.5 Å². The van der Waals surface area contributed by atoms with Crippen molar-refractivity contribution in [1.29, 1.82) is 0 Å². The van der Waals surface area contributed by atoms with Gasteiger partial charge < -0.3 is 9.47 Å². The van der Waals surface area contributed by atoms with Crippen molar-refractivity contribution in [1.82, 2.24) is 9.97 Å². The molecule has 27 heavy (non-hydrogen) atoms. The van der Waals surface area contributed by atoms with Crippen LogP contribution in [0.4, 0.5) is 0 Å². The van der Waals surface area contributed by atoms with Crippen molar-refractivity contribution in [2.75, 3.05) is 14.2 Å². The molecule has 0 amide bonds. The maximum Gasteiger partial charge on any atom is 0.132 e. The van der Waals surface area contributed by atoms with Gasteiger partial charge in [0.05, 0.1) is 37.0 Å². The summed E-state index contributed by atoms with van der Waals surface area (Å²) in [5.74, 6) is 1.50. The highest BCUT2D eigenvalue weighted by Crippen LogP contribution is 2.36. The van der Waals surface area contributed by atoms with E-state index in [4.69, 9.17) is 19.4 Å². The van der Waals surface area contributed by atoms with Gasteiger partial charge >= 0.3 is 0 Å². The second-order valence-electron chi connectivity index (χ2n) is 6.40. The number of aryl methyl sites for hydroxylation is 3. The quantitative estimate of drug-likeness (QED) is 0.600. The van der Waals surface area contributed by atoms with Crippen LogP contribution in [0.5, 0.6) is 11.5 Å². The monoisotopic (exact) mass is 362 g/mol. The Labute approximate surface area is 161 Å². The molecular weight excluding hydrogens is 336 g/mol. The molecule has 140 valence electrons. The molecule has 0 aliphatic rings. The van der Waals surface area contributed by atoms with E-state index in [-0.39, 0.29) is 0 Å². The van der Waals surface area contributed by atoms with Crippen LogP contribution in [0.15, 0.2) is 42.5 Å². The molecule has 0 unspecified atom stereocenters. The third-order valence-corrected chi connectivity index (χ3v) is 4.77. The molecule has 1 aromatic heterocycles. The molecular formula is C23H26N2O2. The Hall–Kier alpha value is -2.88. The number of methoxy groups -OCH3 is 2. The molecule has 0 aliphatic heterocycles. The number of nitrogens with zero attached hydrogens (tertiary/aromatic N) is 2. The second-order valence-corrected chi connectivity index (χ2v) is 6.40. The highest BCUT2D eigenvalue weighted by atomic mass is 16.5. The Kier molecular flexibility index (Phi) is 5.75. The van der Waals surface area contributed by atoms with Gasteiger partial charge in [0.2, 0.25) is 0 Å². The number of hydrogen-bond donors (Lipinski definition) is 0. The summed E-state index contributed by atoms with van der Waals surface area (Å²) in [5.41, 5.74) is 7.11. The van der Waals surface area contributed by atoms with Gasteiger partial charge in [0, 0.05) is 17.2 Å². The van der Waals surface area contributed by atoms with Crippen LogP contribution in [0.1, 0.15) is 30.8 Å². The first kappa shape index (κ1) is 18.9. The summed E-state index contributed by atoms with van der Waals surface area (Å²) in [4.78, 5) is 10.1. The predicted molar refractivity (Wildman–Crippen MR) is 110 cm³/mol. The molecule has 2 aromatic carbocycles. The maximum atomic E-state index is 5.60. The summed E-state index contributed by atoms with van der Waals surface area (Å²) in [7, 11) is 3.32. The molecule has 0 aliphatic carbocycles. The van der Waals surface area contributed by atoms with Gasteiger partial charge in [-0.1, -0.05) is 38.1 Å². The van der Waals surface area contributed by atoms with Gasteiger partial charge in [-0.05, 0) is 37.5 Å². The van der Waals surface area contributed by atoms with Gasteiger partial charge in [-0.3, -0.25) is 0 Å². The summed E-state index contributed by atoms with van der Waals surface area (Å²) in [5, 5.41) is 0. The molecule has 0 spiro atoms. The van der Waals surface area contributed by atoms with Crippen molar-refractivity contribution < 1.29 is 9.47 Å². The highest BCUT2D eigenvalue weighted by Gasteiger charge is 2.18. The average molecular weight is 362 g/mol. The number of aromatic nitrogens is 2. The Balaban J connectivity index is 2.23. The van der Waals surface area contributed by atoms with Crippen LogP contribution in [-0.4, -0.2) is 24.2 Å². The van der Waals surface area contributed by atoms with Gasteiger partial charge in [-0.25, -0.2) is 9.97 Å². The van der Waals surface area contributed by atoms with E-state index in [0.717, 1.165) is 58.2 Å². The zero-order chi connectivity index (χ0) is 19.4. The molecule has 0 fully saturated rings. The van der Waals surface area contributed by atoms with Crippen molar-refractivity contribution in [3.8, 4) is 34.0 Å². The Morgan fingerprint density at radius 1 is 0.778 bits per heavy atom. The zero-order valence-corrected chi connectivity index (χ0v) is 16.7. The van der Waals surface area contributed by atoms with Crippen LogP contribution < -0.4 is 9.47 Å². The number of benzene rings is 2. The predicted octanol–water partition coefficient (Wildman–Crippen LogP) is 5.26. The lowest BCUT2D eigenvalue weighted by Crippen LogP contribution is -2.05. The fourth-order valence-corrected chi connectivity index (χ4v) is 3.26. The maximum absolute atomic E-state index is 5.60. The first-order chi connectivity index (χ1) is 13.1. The fraction of sp³-hybridized carbons (Fsp3) is 0.304. The van der Waals surface area contributed by atoms with Crippen molar-refractivity contribution >= 4 is 0 Å². The molecule has 0 saturated carbocycles. The zero-order valence-electron chi connectivity index (χ0n) is 16.7. The summed E-state index contributed by atoms with van der Waals surface area (Å²) in [6.45, 7) is 6.34. The Morgan fingerprint density at radius 3 is 1.96 bits per heavy atom. The van der Waals surface area contributed by atoms with Crippen molar-refractivity contribution in [2.45, 2.75) is 33.6 Å². The van der Waals surface area contributed by atoms with Crippen LogP contribution in [0, 0.1) is 6.92 Å². The van der Waals surface area contributed by atoms with Crippen molar-refractivity contribution in [3.63, 3.8) is 0 Å². The topological polar surface area (TPSA) is 44.2 Å². The minimum atomic E-state index is 0.740. The molecule has 1 heterocycles. The van der Waals surface area contributed by atoms with Gasteiger partial charge in [0.1, 0.15) is 11.5 Å². The van der Waals surface area contributed by atoms with E-state index in [2.05, 4.69) is 45.0 Å². The third kappa shape index (κ3) is 3.65. The summed E-state index contributed by atoms with van der Waals surface area (Å²) < 4.78 is 10.9. The van der Waals surface area contributed by atoms with Gasteiger partial charge in [-0.15, -0.1) is 0 Å². The van der Waals surface area contributed by atoms with E-state index < -0.39 is 0 Å². The van der Waals surface area contributed by atoms with E-state index in [1.165, 1.54) is 5.56 Å². The van der Waals surface area contributed by atoms with Crippen LogP contribution in [-0.2, 0) is 12.8 Å². The molecule has 0 radical (unpaired) electrons. The number of ether oxygens (including phenoxy) is 2. The van der Waals surface area contributed by atoms with Crippen LogP contribution in [0.3, 0.4) is 0 Å². The van der Waals surface area contributed by atoms with E-state index >= 15 is 0 Å². The first-order valence-electron chi connectivity index (χ1n) is 9.31. The number of hydrogen-bond acceptors (Lipinski definition) is 4. The smallest absolute Gasteiger partial charge is 0.132 e.